The molecule has 0 atom stereocenters. The molecule has 2 aromatic rings. The van der Waals surface area contributed by atoms with Crippen LogP contribution in [0.2, 0.25) is 25.7 Å². The monoisotopic (exact) mass is 1010 g/mol. The lowest BCUT2D eigenvalue weighted by Gasteiger charge is -2.25. The maximum Gasteiger partial charge on any atom is 0.342 e. The number of cyclic esters (lactones) is 2. The molecule has 2 amide bonds. The third-order valence-corrected chi connectivity index (χ3v) is 15.9. The van der Waals surface area contributed by atoms with E-state index < -0.39 is 35.4 Å². The Labute approximate surface area is 402 Å². The number of methoxy groups -OCH3 is 2. The molecule has 2 aromatic carbocycles. The molecule has 21 heteroatoms. The van der Waals surface area contributed by atoms with E-state index in [1.807, 2.05) is 19.9 Å². The molecule has 0 saturated carbocycles. The zero-order valence-electron chi connectivity index (χ0n) is 42.0. The van der Waals surface area contributed by atoms with Crippen molar-refractivity contribution < 1.29 is 75.9 Å². The fourth-order valence-electron chi connectivity index (χ4n) is 7.69. The summed E-state index contributed by atoms with van der Waals surface area (Å²) < 4.78 is 62.6. The summed E-state index contributed by atoms with van der Waals surface area (Å²) in [6.07, 6.45) is 4.18. The number of nitrogens with zero attached hydrogens (tertiary/aromatic N) is 2. The second-order valence-corrected chi connectivity index (χ2v) is 27.5. The van der Waals surface area contributed by atoms with Gasteiger partial charge in [0.25, 0.3) is 0 Å². The number of amides is 2. The highest BCUT2D eigenvalue weighted by Crippen LogP contribution is 2.48. The summed E-state index contributed by atoms with van der Waals surface area (Å²) in [5.41, 5.74) is 6.55. The minimum Gasteiger partial charge on any atom is -0.507 e. The van der Waals surface area contributed by atoms with Gasteiger partial charge in [0.2, 0.25) is 11.8 Å². The molecule has 0 radical (unpaired) electrons. The number of phenolic OH excluding ortho intramolecular Hbond substituents is 1. The highest BCUT2D eigenvalue weighted by Gasteiger charge is 2.34. The van der Waals surface area contributed by atoms with Crippen LogP contribution >= 0.6 is 15.2 Å². The number of carbonyl (C=O) groups is 4. The fraction of sp³-hybridized carbons (Fsp3) is 0.574. The Morgan fingerprint density at radius 2 is 1.16 bits per heavy atom. The SMILES string of the molecule is CCOP(=O)(CCN(C/C(C)=C/Cc1c(OC)c(C)c2c(c1OCC[Si](C)(C)C)C(=O)OC2)C(C)=O)OCC.COc1c(C)c2c(c(O)c1C/C=C(\C)CN(CCP(=O)(O)O)C(C)=O)C(=O)OC2. The van der Waals surface area contributed by atoms with Crippen molar-refractivity contribution in [3.63, 3.8) is 0 Å². The number of carbonyl (C=O) groups excluding carboxylic acids is 4. The lowest BCUT2D eigenvalue weighted by atomic mass is 9.94. The minimum atomic E-state index is -4.21. The molecule has 4 rings (SSSR count). The molecule has 0 bridgehead atoms. The molecule has 0 unspecified atom stereocenters. The predicted molar refractivity (Wildman–Crippen MR) is 261 cm³/mol. The van der Waals surface area contributed by atoms with E-state index in [-0.39, 0.29) is 87.7 Å². The zero-order valence-corrected chi connectivity index (χ0v) is 44.8. The Bertz CT molecular complexity index is 2320. The van der Waals surface area contributed by atoms with Gasteiger partial charge < -0.3 is 57.4 Å². The first kappa shape index (κ1) is 57.8. The van der Waals surface area contributed by atoms with Gasteiger partial charge in [-0.1, -0.05) is 42.9 Å². The summed E-state index contributed by atoms with van der Waals surface area (Å²) in [5, 5.41) is 10.6. The average molecular weight is 1010 g/mol. The molecule has 0 aromatic heterocycles. The van der Waals surface area contributed by atoms with Crippen LogP contribution < -0.4 is 14.2 Å². The van der Waals surface area contributed by atoms with E-state index >= 15 is 0 Å². The van der Waals surface area contributed by atoms with Crippen LogP contribution in [-0.4, -0.2) is 129 Å². The second-order valence-electron chi connectivity index (χ2n) is 17.9. The summed E-state index contributed by atoms with van der Waals surface area (Å²) in [7, 11) is -5.74. The van der Waals surface area contributed by atoms with Gasteiger partial charge in [0.05, 0.1) is 46.4 Å². The van der Waals surface area contributed by atoms with Crippen LogP contribution in [0.15, 0.2) is 23.3 Å². The van der Waals surface area contributed by atoms with Crippen molar-refractivity contribution in [1.29, 1.82) is 0 Å². The zero-order chi connectivity index (χ0) is 51.3. The molecule has 0 fully saturated rings. The smallest absolute Gasteiger partial charge is 0.342 e. The van der Waals surface area contributed by atoms with Crippen molar-refractivity contribution in [2.45, 2.75) is 107 Å². The number of phenols is 1. The number of aromatic hydroxyl groups is 1. The third kappa shape index (κ3) is 16.0. The lowest BCUT2D eigenvalue weighted by molar-refractivity contribution is -0.129. The number of hydrogen-bond acceptors (Lipinski definition) is 14. The third-order valence-electron chi connectivity index (χ3n) is 11.4. The Hall–Kier alpha value is -4.48. The van der Waals surface area contributed by atoms with E-state index in [2.05, 4.69) is 19.6 Å². The molecule has 0 aliphatic carbocycles. The van der Waals surface area contributed by atoms with Crippen LogP contribution in [0, 0.1) is 13.8 Å². The molecule has 3 N–H and O–H groups in total. The van der Waals surface area contributed by atoms with Gasteiger partial charge >= 0.3 is 27.1 Å². The van der Waals surface area contributed by atoms with Gasteiger partial charge in [0.1, 0.15) is 47.3 Å². The van der Waals surface area contributed by atoms with E-state index in [4.69, 9.17) is 42.5 Å². The molecule has 0 spiro atoms. The normalized spacial score (nSPS) is 13.8. The Morgan fingerprint density at radius 1 is 0.721 bits per heavy atom. The van der Waals surface area contributed by atoms with Gasteiger partial charge in [0, 0.05) is 70.4 Å². The second kappa shape index (κ2) is 25.4. The van der Waals surface area contributed by atoms with Crippen LogP contribution in [0.4, 0.5) is 0 Å². The number of allylic oxidation sites excluding steroid dienone is 2. The van der Waals surface area contributed by atoms with Crippen LogP contribution in [0.25, 0.3) is 0 Å². The summed E-state index contributed by atoms with van der Waals surface area (Å²) in [4.78, 5) is 69.9. The molecule has 380 valence electrons. The quantitative estimate of drug-likeness (QED) is 0.0392. The van der Waals surface area contributed by atoms with Gasteiger partial charge in [-0.05, 0) is 71.6 Å². The number of hydrogen-bond donors (Lipinski definition) is 3. The summed E-state index contributed by atoms with van der Waals surface area (Å²) >= 11 is 0. The van der Waals surface area contributed by atoms with E-state index in [1.165, 1.54) is 25.9 Å². The molecular weight excluding hydrogens is 939 g/mol. The Balaban J connectivity index is 0.000000376. The van der Waals surface area contributed by atoms with Crippen molar-refractivity contribution in [3.8, 4) is 23.0 Å². The molecule has 0 saturated heterocycles. The van der Waals surface area contributed by atoms with Crippen LogP contribution in [0.1, 0.15) is 95.6 Å². The first-order valence-electron chi connectivity index (χ1n) is 22.6. The molecule has 68 heavy (non-hydrogen) atoms. The fourth-order valence-corrected chi connectivity index (χ4v) is 10.5. The first-order valence-corrected chi connectivity index (χ1v) is 29.8. The summed E-state index contributed by atoms with van der Waals surface area (Å²) in [6, 6.07) is 0.947. The standard InChI is InChI=1S/C28H46NO8PSi.C19H26NO8P/c1-10-36-38(32,37-11-2)16-14-29(22(5)30)18-20(3)12-13-23-26(33-6)21(4)24-19-35-28(31)25(24)27(23)34-15-17-39(7,8)9;1-11(9-20(13(3)21)7-8-29(24,25)26)5-6-14-17(22)16-15(10-28-19(16)23)12(2)18(14)27-4/h12H,10-11,13-19H2,1-9H3;5,22H,6-10H2,1-4H3,(H2,24,25,26)/b20-12+;11-5+. The number of esters is 2. The number of ether oxygens (including phenoxy) is 5. The van der Waals surface area contributed by atoms with Gasteiger partial charge in [-0.25, -0.2) is 9.59 Å². The maximum atomic E-state index is 12.9. The van der Waals surface area contributed by atoms with Crippen molar-refractivity contribution in [3.05, 3.63) is 67.8 Å². The maximum absolute atomic E-state index is 12.9. The van der Waals surface area contributed by atoms with Crippen LogP contribution in [0.3, 0.4) is 0 Å². The van der Waals surface area contributed by atoms with E-state index in [0.717, 1.165) is 39.4 Å². The summed E-state index contributed by atoms with van der Waals surface area (Å²) in [5.74, 6) is 0.0929. The van der Waals surface area contributed by atoms with Gasteiger partial charge in [-0.15, -0.1) is 0 Å². The minimum absolute atomic E-state index is 0.0663. The first-order chi connectivity index (χ1) is 31.7. The highest BCUT2D eigenvalue weighted by atomic mass is 31.2. The molecule has 2 aliphatic heterocycles. The Kier molecular flexibility index (Phi) is 21.6. The van der Waals surface area contributed by atoms with E-state index in [1.54, 1.807) is 45.8 Å². The average Bonchev–Trinajstić information content (AvgIpc) is 3.83. The van der Waals surface area contributed by atoms with Crippen molar-refractivity contribution in [2.24, 2.45) is 0 Å². The van der Waals surface area contributed by atoms with Crippen molar-refractivity contribution in [2.75, 3.05) is 72.5 Å². The van der Waals surface area contributed by atoms with E-state index in [9.17, 15) is 33.4 Å². The Morgan fingerprint density at radius 3 is 1.60 bits per heavy atom. The van der Waals surface area contributed by atoms with Crippen molar-refractivity contribution in [1.82, 2.24) is 9.80 Å². The molecule has 18 nitrogen and oxygen atoms in total. The number of rotatable bonds is 24. The van der Waals surface area contributed by atoms with E-state index in [0.29, 0.717) is 53.5 Å². The molecular formula is C47H72N2O16P2Si. The number of benzene rings is 2. The molecule has 2 heterocycles. The largest absolute Gasteiger partial charge is 0.507 e. The topological polar surface area (TPSA) is 234 Å². The summed E-state index contributed by atoms with van der Waals surface area (Å²) in [6.45, 7) is 22.7. The number of fused-ring (bicyclic) bond motifs is 2. The predicted octanol–water partition coefficient (Wildman–Crippen LogP) is 7.89. The van der Waals surface area contributed by atoms with Gasteiger partial charge in [-0.3, -0.25) is 18.7 Å². The van der Waals surface area contributed by atoms with Crippen LogP contribution in [0.5, 0.6) is 23.0 Å². The van der Waals surface area contributed by atoms with Gasteiger partial charge in [0.15, 0.2) is 0 Å². The van der Waals surface area contributed by atoms with Crippen LogP contribution in [-0.2, 0) is 63.3 Å². The lowest BCUT2D eigenvalue weighted by Crippen LogP contribution is -2.33. The highest BCUT2D eigenvalue weighted by molar-refractivity contribution is 7.53. The molecule has 2 aliphatic rings. The van der Waals surface area contributed by atoms with Gasteiger partial charge in [-0.2, -0.15) is 0 Å². The van der Waals surface area contributed by atoms with Crippen molar-refractivity contribution >= 4 is 47.0 Å².